The van der Waals surface area contributed by atoms with Gasteiger partial charge in [0.15, 0.2) is 6.61 Å². The van der Waals surface area contributed by atoms with Crippen molar-refractivity contribution in [1.82, 2.24) is 0 Å². The van der Waals surface area contributed by atoms with Crippen LogP contribution in [-0.2, 0) is 9.59 Å². The average molecular weight is 331 g/mol. The van der Waals surface area contributed by atoms with Crippen molar-refractivity contribution >= 4 is 23.2 Å². The average Bonchev–Trinajstić information content (AvgIpc) is 2.54. The third-order valence-electron chi connectivity index (χ3n) is 3.10. The number of amides is 2. The number of anilines is 2. The van der Waals surface area contributed by atoms with E-state index in [-0.39, 0.29) is 12.5 Å². The van der Waals surface area contributed by atoms with E-state index in [0.717, 1.165) is 0 Å². The van der Waals surface area contributed by atoms with Crippen LogP contribution in [0.4, 0.5) is 15.8 Å². The fourth-order valence-electron chi connectivity index (χ4n) is 1.93. The lowest BCUT2D eigenvalue weighted by atomic mass is 10.2. The number of halogens is 1. The summed E-state index contributed by atoms with van der Waals surface area (Å²) in [5, 5.41) is 5.65. The van der Waals surface area contributed by atoms with Crippen LogP contribution in [0.2, 0.25) is 0 Å². The normalized spacial score (nSPS) is 11.4. The Balaban J connectivity index is 1.90. The molecule has 2 aromatic rings. The maximum absolute atomic E-state index is 13.1. The standard InChI is InChI=1S/C17H18FN3O3/c1-11(17(23)21-14-4-2-3-12(18)9-14)20-13-5-7-15(8-6-13)24-10-16(19)22/h2-9,11,20H,10H2,1H3,(H2,19,22)(H,21,23). The molecule has 1 unspecified atom stereocenters. The minimum Gasteiger partial charge on any atom is -0.484 e. The molecule has 126 valence electrons. The molecule has 2 aromatic carbocycles. The van der Waals surface area contributed by atoms with Crippen molar-refractivity contribution < 1.29 is 18.7 Å². The summed E-state index contributed by atoms with van der Waals surface area (Å²) in [7, 11) is 0. The number of rotatable bonds is 7. The maximum Gasteiger partial charge on any atom is 0.255 e. The van der Waals surface area contributed by atoms with Crippen LogP contribution >= 0.6 is 0 Å². The van der Waals surface area contributed by atoms with Crippen molar-refractivity contribution in [3.63, 3.8) is 0 Å². The monoisotopic (exact) mass is 331 g/mol. The van der Waals surface area contributed by atoms with Gasteiger partial charge in [0.05, 0.1) is 0 Å². The fourth-order valence-corrected chi connectivity index (χ4v) is 1.93. The smallest absolute Gasteiger partial charge is 0.255 e. The number of nitrogens with two attached hydrogens (primary N) is 1. The van der Waals surface area contributed by atoms with E-state index in [4.69, 9.17) is 10.5 Å². The Bertz CT molecular complexity index is 719. The van der Waals surface area contributed by atoms with Gasteiger partial charge in [0.25, 0.3) is 5.91 Å². The summed E-state index contributed by atoms with van der Waals surface area (Å²) in [5.41, 5.74) is 6.09. The molecule has 0 aliphatic carbocycles. The van der Waals surface area contributed by atoms with Crippen LogP contribution in [0.1, 0.15) is 6.92 Å². The Morgan fingerprint density at radius 1 is 1.17 bits per heavy atom. The van der Waals surface area contributed by atoms with Crippen molar-refractivity contribution in [3.05, 3.63) is 54.3 Å². The summed E-state index contributed by atoms with van der Waals surface area (Å²) in [6.45, 7) is 1.49. The molecule has 0 fully saturated rings. The molecule has 0 saturated carbocycles. The number of hydrogen-bond donors (Lipinski definition) is 3. The topological polar surface area (TPSA) is 93.4 Å². The number of nitrogens with one attached hydrogen (secondary N) is 2. The van der Waals surface area contributed by atoms with Crippen LogP contribution in [0.25, 0.3) is 0 Å². The van der Waals surface area contributed by atoms with Gasteiger partial charge < -0.3 is 21.1 Å². The quantitative estimate of drug-likeness (QED) is 0.724. The first-order valence-corrected chi connectivity index (χ1v) is 7.28. The summed E-state index contributed by atoms with van der Waals surface area (Å²) in [6.07, 6.45) is 0. The largest absolute Gasteiger partial charge is 0.484 e. The predicted octanol–water partition coefficient (Wildman–Crippen LogP) is 2.13. The van der Waals surface area contributed by atoms with Gasteiger partial charge >= 0.3 is 0 Å². The van der Waals surface area contributed by atoms with Crippen LogP contribution in [0.3, 0.4) is 0 Å². The Morgan fingerprint density at radius 3 is 2.50 bits per heavy atom. The Hall–Kier alpha value is -3.09. The van der Waals surface area contributed by atoms with Gasteiger partial charge in [0.1, 0.15) is 17.6 Å². The van der Waals surface area contributed by atoms with Crippen molar-refractivity contribution in [1.29, 1.82) is 0 Å². The van der Waals surface area contributed by atoms with Crippen LogP contribution in [0.5, 0.6) is 5.75 Å². The van der Waals surface area contributed by atoms with Gasteiger partial charge in [-0.1, -0.05) is 6.07 Å². The maximum atomic E-state index is 13.1. The molecule has 0 heterocycles. The molecular formula is C17H18FN3O3. The van der Waals surface area contributed by atoms with Gasteiger partial charge in [0, 0.05) is 11.4 Å². The lowest BCUT2D eigenvalue weighted by Crippen LogP contribution is -2.31. The summed E-state index contributed by atoms with van der Waals surface area (Å²) in [4.78, 5) is 22.7. The van der Waals surface area contributed by atoms with E-state index in [0.29, 0.717) is 17.1 Å². The first-order chi connectivity index (χ1) is 11.4. The van der Waals surface area contributed by atoms with Crippen molar-refractivity contribution in [2.45, 2.75) is 13.0 Å². The zero-order valence-corrected chi connectivity index (χ0v) is 13.1. The minimum atomic E-state index is -0.556. The molecular weight excluding hydrogens is 313 g/mol. The Morgan fingerprint density at radius 2 is 1.88 bits per heavy atom. The molecule has 6 nitrogen and oxygen atoms in total. The molecule has 0 saturated heterocycles. The number of primary amides is 1. The molecule has 0 spiro atoms. The second-order valence-corrected chi connectivity index (χ2v) is 5.14. The number of ether oxygens (including phenoxy) is 1. The molecule has 7 heteroatoms. The van der Waals surface area contributed by atoms with Gasteiger partial charge in [-0.25, -0.2) is 4.39 Å². The highest BCUT2D eigenvalue weighted by molar-refractivity contribution is 5.96. The van der Waals surface area contributed by atoms with Crippen molar-refractivity contribution in [3.8, 4) is 5.75 Å². The molecule has 4 N–H and O–H groups in total. The number of carbonyl (C=O) groups excluding carboxylic acids is 2. The van der Waals surface area contributed by atoms with Gasteiger partial charge in [-0.15, -0.1) is 0 Å². The zero-order valence-electron chi connectivity index (χ0n) is 13.1. The van der Waals surface area contributed by atoms with E-state index in [1.807, 2.05) is 0 Å². The van der Waals surface area contributed by atoms with Crippen molar-refractivity contribution in [2.75, 3.05) is 17.2 Å². The summed E-state index contributed by atoms with van der Waals surface area (Å²) < 4.78 is 18.3. The molecule has 0 aromatic heterocycles. The van der Waals surface area contributed by atoms with E-state index in [9.17, 15) is 14.0 Å². The minimum absolute atomic E-state index is 0.195. The van der Waals surface area contributed by atoms with Crippen molar-refractivity contribution in [2.24, 2.45) is 5.73 Å². The van der Waals surface area contributed by atoms with E-state index in [1.165, 1.54) is 18.2 Å². The Kier molecular flexibility index (Phi) is 5.73. The SMILES string of the molecule is CC(Nc1ccc(OCC(N)=O)cc1)C(=O)Nc1cccc(F)c1. The zero-order chi connectivity index (χ0) is 17.5. The summed E-state index contributed by atoms with van der Waals surface area (Å²) in [5.74, 6) is -0.773. The van der Waals surface area contributed by atoms with E-state index in [2.05, 4.69) is 10.6 Å². The number of carbonyl (C=O) groups is 2. The highest BCUT2D eigenvalue weighted by atomic mass is 19.1. The lowest BCUT2D eigenvalue weighted by Gasteiger charge is -2.15. The van der Waals surface area contributed by atoms with E-state index >= 15 is 0 Å². The van der Waals surface area contributed by atoms with Crippen LogP contribution in [-0.4, -0.2) is 24.5 Å². The summed E-state index contributed by atoms with van der Waals surface area (Å²) in [6, 6.07) is 11.9. The Labute approximate surface area is 138 Å². The molecule has 2 amide bonds. The van der Waals surface area contributed by atoms with Gasteiger partial charge in [-0.05, 0) is 49.4 Å². The molecule has 0 bridgehead atoms. The molecule has 0 aliphatic heterocycles. The second-order valence-electron chi connectivity index (χ2n) is 5.14. The van der Waals surface area contributed by atoms with Crippen LogP contribution < -0.4 is 21.1 Å². The number of hydrogen-bond acceptors (Lipinski definition) is 4. The van der Waals surface area contributed by atoms with E-state index < -0.39 is 17.8 Å². The molecule has 2 rings (SSSR count). The second kappa shape index (κ2) is 7.96. The molecule has 24 heavy (non-hydrogen) atoms. The molecule has 0 aliphatic rings. The third-order valence-corrected chi connectivity index (χ3v) is 3.10. The first kappa shape index (κ1) is 17.3. The first-order valence-electron chi connectivity index (χ1n) is 7.28. The lowest BCUT2D eigenvalue weighted by molar-refractivity contribution is -0.120. The van der Waals surface area contributed by atoms with Crippen LogP contribution in [0.15, 0.2) is 48.5 Å². The third kappa shape index (κ3) is 5.28. The summed E-state index contributed by atoms with van der Waals surface area (Å²) >= 11 is 0. The highest BCUT2D eigenvalue weighted by Crippen LogP contribution is 2.17. The highest BCUT2D eigenvalue weighted by Gasteiger charge is 2.13. The number of benzene rings is 2. The van der Waals surface area contributed by atoms with E-state index in [1.54, 1.807) is 37.3 Å². The van der Waals surface area contributed by atoms with Gasteiger partial charge in [0.2, 0.25) is 5.91 Å². The predicted molar refractivity (Wildman–Crippen MR) is 89.2 cm³/mol. The van der Waals surface area contributed by atoms with Crippen LogP contribution in [0, 0.1) is 5.82 Å². The van der Waals surface area contributed by atoms with Gasteiger partial charge in [-0.3, -0.25) is 9.59 Å². The van der Waals surface area contributed by atoms with Gasteiger partial charge in [-0.2, -0.15) is 0 Å². The fraction of sp³-hybridized carbons (Fsp3) is 0.176. The molecule has 1 atom stereocenters. The molecule has 0 radical (unpaired) electrons.